The molecule has 0 spiro atoms. The van der Waals surface area contributed by atoms with E-state index in [-0.39, 0.29) is 34.1 Å². The van der Waals surface area contributed by atoms with E-state index >= 15 is 0 Å². The molecule has 4 rings (SSSR count). The summed E-state index contributed by atoms with van der Waals surface area (Å²) in [5.74, 6) is 0. The molecule has 228 valence electrons. The second-order valence-corrected chi connectivity index (χ2v) is 15.5. The quantitative estimate of drug-likeness (QED) is 0.252. The molecule has 0 amide bonds. The third-order valence-electron chi connectivity index (χ3n) is 6.18. The first-order chi connectivity index (χ1) is 18.8. The van der Waals surface area contributed by atoms with Gasteiger partial charge in [-0.1, -0.05) is 31.2 Å². The van der Waals surface area contributed by atoms with Crippen LogP contribution >= 0.6 is 33.4 Å². The zero-order chi connectivity index (χ0) is 30.9. The molecule has 1 fully saturated rings. The summed E-state index contributed by atoms with van der Waals surface area (Å²) in [6, 6.07) is 9.22. The van der Waals surface area contributed by atoms with Crippen molar-refractivity contribution in [2.24, 2.45) is 0 Å². The van der Waals surface area contributed by atoms with E-state index in [0.717, 1.165) is 34.8 Å². The largest absolute Gasteiger partial charge is 0.430 e. The van der Waals surface area contributed by atoms with Crippen LogP contribution in [-0.4, -0.2) is 64.3 Å². The highest BCUT2D eigenvalue weighted by Gasteiger charge is 2.71. The van der Waals surface area contributed by atoms with Gasteiger partial charge >= 0.3 is 12.4 Å². The Kier molecular flexibility index (Phi) is 10.1. The SMILES string of the molecule is CC[C@H]1CN(S(=O)(=O)c2cccs2)CCN1c1ccc(C(O)(C(F)(F)F)C(F)(F)F)cc1.O=S(=O)(Cl)c1cccs1. The average Bonchev–Trinajstić information content (AvgIpc) is 3.62. The Labute approximate surface area is 245 Å². The Bertz CT molecular complexity index is 1480. The number of benzene rings is 1. The summed E-state index contributed by atoms with van der Waals surface area (Å²) in [5.41, 5.74) is -6.00. The summed E-state index contributed by atoms with van der Waals surface area (Å²) in [6.07, 6.45) is -11.4. The maximum atomic E-state index is 13.1. The van der Waals surface area contributed by atoms with Crippen molar-refractivity contribution < 1.29 is 48.3 Å². The Balaban J connectivity index is 0.000000436. The molecule has 0 aliphatic carbocycles. The van der Waals surface area contributed by atoms with Crippen molar-refractivity contribution in [3.63, 3.8) is 0 Å². The smallest absolute Gasteiger partial charge is 0.369 e. The average molecular weight is 685 g/mol. The van der Waals surface area contributed by atoms with Gasteiger partial charge in [-0.15, -0.1) is 22.7 Å². The molecule has 1 aromatic carbocycles. The van der Waals surface area contributed by atoms with E-state index in [4.69, 9.17) is 10.7 Å². The molecule has 0 radical (unpaired) electrons. The minimum absolute atomic E-state index is 0.105. The predicted octanol–water partition coefficient (Wildman–Crippen LogP) is 6.03. The van der Waals surface area contributed by atoms with Crippen LogP contribution < -0.4 is 4.90 Å². The van der Waals surface area contributed by atoms with Gasteiger partial charge in [0.15, 0.2) is 0 Å². The monoisotopic (exact) mass is 684 g/mol. The summed E-state index contributed by atoms with van der Waals surface area (Å²) >= 11 is 2.20. The van der Waals surface area contributed by atoms with Gasteiger partial charge in [-0.2, -0.15) is 30.6 Å². The van der Waals surface area contributed by atoms with E-state index in [1.54, 1.807) is 34.7 Å². The van der Waals surface area contributed by atoms with E-state index in [9.17, 15) is 48.3 Å². The lowest BCUT2D eigenvalue weighted by atomic mass is 9.92. The summed E-state index contributed by atoms with van der Waals surface area (Å²) in [4.78, 5) is 1.74. The van der Waals surface area contributed by atoms with Crippen molar-refractivity contribution in [3.05, 3.63) is 64.9 Å². The number of aliphatic hydroxyl groups is 1. The second-order valence-electron chi connectivity index (χ2n) is 8.67. The van der Waals surface area contributed by atoms with Crippen molar-refractivity contribution in [3.8, 4) is 0 Å². The standard InChI is InChI=1S/C19H20F6N2O3S2.C4H3ClO2S2/c1-2-14-12-26(32(29,30)16-4-3-11-31-16)9-10-27(14)15-7-5-13(6-8-15)17(28,18(20,21)22)19(23,24)25;5-9(6,7)4-2-1-3-8-4/h3-8,11,14,28H,2,9-10,12H2,1H3;1-3H/t14-;/m0./s1. The first-order valence-corrected chi connectivity index (χ1v) is 17.1. The maximum absolute atomic E-state index is 13.1. The van der Waals surface area contributed by atoms with Crippen molar-refractivity contribution in [1.82, 2.24) is 4.31 Å². The summed E-state index contributed by atoms with van der Waals surface area (Å²) in [7, 11) is -2.17. The number of thiophene rings is 2. The van der Waals surface area contributed by atoms with Crippen LogP contribution in [0.1, 0.15) is 18.9 Å². The highest BCUT2D eigenvalue weighted by molar-refractivity contribution is 8.15. The molecular formula is C23H23ClF6N2O5S4. The number of piperazine rings is 1. The lowest BCUT2D eigenvalue weighted by Crippen LogP contribution is -2.55. The van der Waals surface area contributed by atoms with Crippen molar-refractivity contribution in [2.75, 3.05) is 24.5 Å². The van der Waals surface area contributed by atoms with Crippen LogP contribution in [0, 0.1) is 0 Å². The molecule has 3 heterocycles. The summed E-state index contributed by atoms with van der Waals surface area (Å²) in [5, 5.41) is 12.8. The molecule has 3 aromatic rings. The molecule has 1 aliphatic heterocycles. The third kappa shape index (κ3) is 7.19. The number of rotatable bonds is 6. The Morgan fingerprint density at radius 2 is 1.39 bits per heavy atom. The molecule has 0 bridgehead atoms. The molecular weight excluding hydrogens is 662 g/mol. The lowest BCUT2D eigenvalue weighted by Gasteiger charge is -2.42. The Morgan fingerprint density at radius 3 is 1.78 bits per heavy atom. The molecule has 1 N–H and O–H groups in total. The van der Waals surface area contributed by atoms with E-state index in [2.05, 4.69) is 0 Å². The third-order valence-corrected chi connectivity index (χ3v) is 12.4. The molecule has 1 saturated heterocycles. The van der Waals surface area contributed by atoms with Crippen molar-refractivity contribution >= 4 is 58.1 Å². The minimum Gasteiger partial charge on any atom is -0.369 e. The first kappa shape index (κ1) is 33.6. The van der Waals surface area contributed by atoms with Crippen LogP contribution in [-0.2, 0) is 24.7 Å². The highest BCUT2D eigenvalue weighted by atomic mass is 35.7. The van der Waals surface area contributed by atoms with Gasteiger partial charge in [0, 0.05) is 47.6 Å². The molecule has 1 atom stereocenters. The molecule has 18 heteroatoms. The highest BCUT2D eigenvalue weighted by Crippen LogP contribution is 2.50. The second kappa shape index (κ2) is 12.4. The van der Waals surface area contributed by atoms with Crippen LogP contribution in [0.2, 0.25) is 0 Å². The van der Waals surface area contributed by atoms with Crippen LogP contribution in [0.25, 0.3) is 0 Å². The fourth-order valence-corrected chi connectivity index (χ4v) is 8.47. The van der Waals surface area contributed by atoms with Crippen LogP contribution in [0.15, 0.2) is 67.7 Å². The Morgan fingerprint density at radius 1 is 0.878 bits per heavy atom. The number of anilines is 1. The van der Waals surface area contributed by atoms with Gasteiger partial charge < -0.3 is 10.0 Å². The number of hydrogen-bond acceptors (Lipinski definition) is 8. The number of alkyl halides is 6. The first-order valence-electron chi connectivity index (χ1n) is 11.6. The maximum Gasteiger partial charge on any atom is 0.430 e. The van der Waals surface area contributed by atoms with E-state index < -0.39 is 42.6 Å². The summed E-state index contributed by atoms with van der Waals surface area (Å²) in [6.45, 7) is 2.23. The molecule has 41 heavy (non-hydrogen) atoms. The van der Waals surface area contributed by atoms with Gasteiger partial charge in [-0.05, 0) is 41.4 Å². The topological polar surface area (TPSA) is 95.0 Å². The predicted molar refractivity (Wildman–Crippen MR) is 144 cm³/mol. The van der Waals surface area contributed by atoms with E-state index in [1.807, 2.05) is 0 Å². The van der Waals surface area contributed by atoms with E-state index in [0.29, 0.717) is 24.2 Å². The number of hydrogen-bond donors (Lipinski definition) is 1. The Hall–Kier alpha value is -1.89. The van der Waals surface area contributed by atoms with Gasteiger partial charge in [0.1, 0.15) is 8.42 Å². The van der Waals surface area contributed by atoms with Crippen LogP contribution in [0.4, 0.5) is 32.0 Å². The van der Waals surface area contributed by atoms with Crippen LogP contribution in [0.3, 0.4) is 0 Å². The van der Waals surface area contributed by atoms with Crippen molar-refractivity contribution in [2.45, 2.75) is 45.8 Å². The fraction of sp³-hybridized carbons (Fsp3) is 0.391. The van der Waals surface area contributed by atoms with Crippen molar-refractivity contribution in [1.29, 1.82) is 0 Å². The zero-order valence-electron chi connectivity index (χ0n) is 20.9. The molecule has 7 nitrogen and oxygen atoms in total. The molecule has 1 aliphatic rings. The molecule has 0 saturated carbocycles. The van der Waals surface area contributed by atoms with Gasteiger partial charge in [0.2, 0.25) is 0 Å². The van der Waals surface area contributed by atoms with Gasteiger partial charge in [0.05, 0.1) is 0 Å². The number of sulfonamides is 1. The lowest BCUT2D eigenvalue weighted by molar-refractivity contribution is -0.376. The van der Waals surface area contributed by atoms with Gasteiger partial charge in [0.25, 0.3) is 24.7 Å². The van der Waals surface area contributed by atoms with Gasteiger partial charge in [-0.3, -0.25) is 0 Å². The molecule has 0 unspecified atom stereocenters. The molecule has 2 aromatic heterocycles. The fourth-order valence-electron chi connectivity index (χ4n) is 4.06. The summed E-state index contributed by atoms with van der Waals surface area (Å²) < 4.78 is 127. The minimum atomic E-state index is -5.96. The number of halogens is 7. The van der Waals surface area contributed by atoms with E-state index in [1.165, 1.54) is 16.4 Å². The van der Waals surface area contributed by atoms with Crippen LogP contribution in [0.5, 0.6) is 0 Å². The van der Waals surface area contributed by atoms with Gasteiger partial charge in [-0.25, -0.2) is 16.8 Å². The number of nitrogens with zero attached hydrogens (tertiary/aromatic N) is 2. The zero-order valence-corrected chi connectivity index (χ0v) is 25.0. The normalized spacial score (nSPS) is 17.7.